The minimum atomic E-state index is -4.69. The molecule has 0 saturated heterocycles. The zero-order chi connectivity index (χ0) is 25.2. The van der Waals surface area contributed by atoms with Gasteiger partial charge in [-0.15, -0.1) is 0 Å². The molecule has 0 aliphatic heterocycles. The molecular formula is C26H21F4NO4. The number of carbonyl (C=O) groups excluding carboxylic acids is 1. The SMILES string of the molecule is O=C(NC(CCc1ccc(C(F)(F)F)cc1F)C(=O)O)OCC1c2ccccc2-c2ccccc21. The van der Waals surface area contributed by atoms with Crippen molar-refractivity contribution in [1.29, 1.82) is 0 Å². The number of carbonyl (C=O) groups is 2. The number of fused-ring (bicyclic) bond motifs is 3. The van der Waals surface area contributed by atoms with E-state index in [2.05, 4.69) is 5.32 Å². The highest BCUT2D eigenvalue weighted by molar-refractivity contribution is 5.81. The van der Waals surface area contributed by atoms with Crippen molar-refractivity contribution in [2.75, 3.05) is 6.61 Å². The highest BCUT2D eigenvalue weighted by Crippen LogP contribution is 2.44. The number of aliphatic carboxylic acids is 1. The summed E-state index contributed by atoms with van der Waals surface area (Å²) in [7, 11) is 0. The van der Waals surface area contributed by atoms with Crippen LogP contribution in [0, 0.1) is 5.82 Å². The summed E-state index contributed by atoms with van der Waals surface area (Å²) >= 11 is 0. The Morgan fingerprint density at radius 2 is 1.57 bits per heavy atom. The molecule has 3 aromatic carbocycles. The van der Waals surface area contributed by atoms with Gasteiger partial charge in [0.1, 0.15) is 18.5 Å². The van der Waals surface area contributed by atoms with Crippen LogP contribution in [-0.4, -0.2) is 29.8 Å². The summed E-state index contributed by atoms with van der Waals surface area (Å²) in [4.78, 5) is 24.0. The lowest BCUT2D eigenvalue weighted by Crippen LogP contribution is -2.41. The zero-order valence-corrected chi connectivity index (χ0v) is 18.3. The van der Waals surface area contributed by atoms with Crippen LogP contribution in [0.1, 0.15) is 34.6 Å². The number of amides is 1. The number of ether oxygens (including phenoxy) is 1. The number of aryl methyl sites for hydroxylation is 1. The lowest BCUT2D eigenvalue weighted by molar-refractivity contribution is -0.139. The maximum absolute atomic E-state index is 14.1. The summed E-state index contributed by atoms with van der Waals surface area (Å²) in [6, 6.07) is 16.1. The van der Waals surface area contributed by atoms with Crippen molar-refractivity contribution in [2.45, 2.75) is 31.0 Å². The molecule has 0 spiro atoms. The first-order valence-corrected chi connectivity index (χ1v) is 10.8. The Bertz CT molecular complexity index is 1210. The van der Waals surface area contributed by atoms with Gasteiger partial charge in [0.25, 0.3) is 0 Å². The van der Waals surface area contributed by atoms with Crippen molar-refractivity contribution >= 4 is 12.1 Å². The smallest absolute Gasteiger partial charge is 0.416 e. The van der Waals surface area contributed by atoms with Gasteiger partial charge in [0, 0.05) is 5.92 Å². The van der Waals surface area contributed by atoms with Crippen molar-refractivity contribution in [3.63, 3.8) is 0 Å². The molecular weight excluding hydrogens is 466 g/mol. The van der Waals surface area contributed by atoms with Crippen molar-refractivity contribution in [2.24, 2.45) is 0 Å². The van der Waals surface area contributed by atoms with Crippen LogP contribution in [0.4, 0.5) is 22.4 Å². The molecule has 0 saturated carbocycles. The number of benzene rings is 3. The Morgan fingerprint density at radius 3 is 2.11 bits per heavy atom. The van der Waals surface area contributed by atoms with Crippen molar-refractivity contribution in [3.05, 3.63) is 94.8 Å². The van der Waals surface area contributed by atoms with E-state index in [-0.39, 0.29) is 30.9 Å². The minimum absolute atomic E-state index is 0.0142. The van der Waals surface area contributed by atoms with E-state index in [1.807, 2.05) is 48.5 Å². The molecule has 1 atom stereocenters. The second-order valence-electron chi connectivity index (χ2n) is 8.20. The zero-order valence-electron chi connectivity index (χ0n) is 18.3. The van der Waals surface area contributed by atoms with Gasteiger partial charge in [-0.05, 0) is 52.8 Å². The fourth-order valence-corrected chi connectivity index (χ4v) is 4.27. The van der Waals surface area contributed by atoms with Crippen LogP contribution in [0.25, 0.3) is 11.1 Å². The molecule has 35 heavy (non-hydrogen) atoms. The van der Waals surface area contributed by atoms with E-state index in [4.69, 9.17) is 4.74 Å². The predicted molar refractivity (Wildman–Crippen MR) is 119 cm³/mol. The van der Waals surface area contributed by atoms with Crippen LogP contribution in [0.15, 0.2) is 66.7 Å². The molecule has 9 heteroatoms. The molecule has 2 N–H and O–H groups in total. The first-order valence-electron chi connectivity index (χ1n) is 10.8. The van der Waals surface area contributed by atoms with Crippen LogP contribution in [0.2, 0.25) is 0 Å². The number of halogens is 4. The third-order valence-corrected chi connectivity index (χ3v) is 6.02. The largest absolute Gasteiger partial charge is 0.480 e. The van der Waals surface area contributed by atoms with E-state index in [0.29, 0.717) is 6.07 Å². The van der Waals surface area contributed by atoms with E-state index in [1.54, 1.807) is 0 Å². The highest BCUT2D eigenvalue weighted by Gasteiger charge is 2.32. The van der Waals surface area contributed by atoms with Crippen LogP contribution >= 0.6 is 0 Å². The van der Waals surface area contributed by atoms with Gasteiger partial charge in [-0.3, -0.25) is 0 Å². The van der Waals surface area contributed by atoms with Gasteiger partial charge < -0.3 is 15.2 Å². The first kappa shape index (κ1) is 24.3. The summed E-state index contributed by atoms with van der Waals surface area (Å²) < 4.78 is 57.5. The standard InChI is InChI=1S/C26H21F4NO4/c27-22-13-16(26(28,29)30)11-9-15(22)10-12-23(24(32)33)31-25(34)35-14-21-19-7-3-1-5-17(19)18-6-2-4-8-20(18)21/h1-9,11,13,21,23H,10,12,14H2,(H,31,34)(H,32,33). The fourth-order valence-electron chi connectivity index (χ4n) is 4.27. The van der Waals surface area contributed by atoms with Crippen LogP contribution in [0.5, 0.6) is 0 Å². The molecule has 1 aliphatic carbocycles. The Morgan fingerprint density at radius 1 is 0.971 bits per heavy atom. The molecule has 0 aromatic heterocycles. The number of nitrogens with one attached hydrogen (secondary N) is 1. The van der Waals surface area contributed by atoms with Crippen molar-refractivity contribution in [3.8, 4) is 11.1 Å². The number of alkyl carbamates (subject to hydrolysis) is 1. The van der Waals surface area contributed by atoms with Crippen molar-refractivity contribution < 1.29 is 37.0 Å². The van der Waals surface area contributed by atoms with E-state index in [9.17, 15) is 32.3 Å². The summed E-state index contributed by atoms with van der Waals surface area (Å²) in [5.74, 6) is -2.67. The minimum Gasteiger partial charge on any atom is -0.480 e. The first-order chi connectivity index (χ1) is 16.6. The maximum atomic E-state index is 14.1. The topological polar surface area (TPSA) is 75.6 Å². The predicted octanol–water partition coefficient (Wildman–Crippen LogP) is 5.77. The second kappa shape index (κ2) is 9.77. The summed E-state index contributed by atoms with van der Waals surface area (Å²) in [5, 5.41) is 11.7. The number of carboxylic acid groups (broad SMARTS) is 1. The van der Waals surface area contributed by atoms with Gasteiger partial charge in [0.05, 0.1) is 5.56 Å². The third-order valence-electron chi connectivity index (χ3n) is 6.02. The summed E-state index contributed by atoms with van der Waals surface area (Å²) in [6.07, 6.45) is -6.06. The normalized spacial score (nSPS) is 13.6. The molecule has 0 radical (unpaired) electrons. The molecule has 0 fully saturated rings. The van der Waals surface area contributed by atoms with Gasteiger partial charge in [-0.2, -0.15) is 13.2 Å². The molecule has 1 amide bonds. The molecule has 5 nitrogen and oxygen atoms in total. The molecule has 0 heterocycles. The van der Waals surface area contributed by atoms with Gasteiger partial charge in [0.2, 0.25) is 0 Å². The molecule has 3 aromatic rings. The number of rotatable bonds is 7. The molecule has 0 bridgehead atoms. The molecule has 182 valence electrons. The summed E-state index contributed by atoms with van der Waals surface area (Å²) in [5.41, 5.74) is 2.85. The lowest BCUT2D eigenvalue weighted by Gasteiger charge is -2.18. The van der Waals surface area contributed by atoms with Crippen molar-refractivity contribution in [1.82, 2.24) is 5.32 Å². The van der Waals surface area contributed by atoms with Gasteiger partial charge in [-0.1, -0.05) is 54.6 Å². The van der Waals surface area contributed by atoms with E-state index in [0.717, 1.165) is 34.4 Å². The van der Waals surface area contributed by atoms with Crippen LogP contribution in [-0.2, 0) is 22.1 Å². The molecule has 4 rings (SSSR count). The maximum Gasteiger partial charge on any atom is 0.416 e. The number of hydrogen-bond acceptors (Lipinski definition) is 3. The average Bonchev–Trinajstić information content (AvgIpc) is 3.14. The number of alkyl halides is 3. The van der Waals surface area contributed by atoms with E-state index >= 15 is 0 Å². The van der Waals surface area contributed by atoms with Crippen LogP contribution in [0.3, 0.4) is 0 Å². The lowest BCUT2D eigenvalue weighted by atomic mass is 9.98. The molecule has 1 unspecified atom stereocenters. The number of hydrogen-bond donors (Lipinski definition) is 2. The molecule has 1 aliphatic rings. The van der Waals surface area contributed by atoms with Crippen LogP contribution < -0.4 is 5.32 Å². The third kappa shape index (κ3) is 5.29. The van der Waals surface area contributed by atoms with E-state index in [1.165, 1.54) is 0 Å². The quantitative estimate of drug-likeness (QED) is 0.415. The second-order valence-corrected chi connectivity index (χ2v) is 8.20. The van der Waals surface area contributed by atoms with Gasteiger partial charge in [-0.25, -0.2) is 14.0 Å². The average molecular weight is 487 g/mol. The Labute approximate surface area is 198 Å². The Balaban J connectivity index is 1.38. The van der Waals surface area contributed by atoms with Gasteiger partial charge >= 0.3 is 18.2 Å². The van der Waals surface area contributed by atoms with E-state index < -0.39 is 35.7 Å². The summed E-state index contributed by atoms with van der Waals surface area (Å²) in [6.45, 7) is -0.0142. The monoisotopic (exact) mass is 487 g/mol. The Hall–Kier alpha value is -3.88. The number of carboxylic acids is 1. The Kier molecular flexibility index (Phi) is 6.77. The fraction of sp³-hybridized carbons (Fsp3) is 0.231. The van der Waals surface area contributed by atoms with Gasteiger partial charge in [0.15, 0.2) is 0 Å². The highest BCUT2D eigenvalue weighted by atomic mass is 19.4.